The van der Waals surface area contributed by atoms with E-state index >= 15 is 0 Å². The summed E-state index contributed by atoms with van der Waals surface area (Å²) < 4.78 is 1.33. The van der Waals surface area contributed by atoms with Crippen LogP contribution in [0.3, 0.4) is 0 Å². The van der Waals surface area contributed by atoms with Crippen LogP contribution in [0.2, 0.25) is 0 Å². The van der Waals surface area contributed by atoms with Gasteiger partial charge in [0.2, 0.25) is 11.1 Å². The first-order valence-corrected chi connectivity index (χ1v) is 8.83. The van der Waals surface area contributed by atoms with Gasteiger partial charge in [-0.3, -0.25) is 10.1 Å². The van der Waals surface area contributed by atoms with Crippen molar-refractivity contribution in [3.8, 4) is 11.4 Å². The van der Waals surface area contributed by atoms with E-state index in [1.165, 1.54) is 4.68 Å². The van der Waals surface area contributed by atoms with Crippen LogP contribution in [-0.4, -0.2) is 39.1 Å². The normalized spacial score (nSPS) is 10.7. The maximum absolute atomic E-state index is 11.8. The van der Waals surface area contributed by atoms with Crippen LogP contribution in [0.4, 0.5) is 4.79 Å². The average molecular weight is 362 g/mol. The van der Waals surface area contributed by atoms with Crippen LogP contribution in [0.15, 0.2) is 29.4 Å². The zero-order valence-corrected chi connectivity index (χ0v) is 15.3. The number of nitrogens with zero attached hydrogens (tertiary/aromatic N) is 3. The number of amides is 3. The van der Waals surface area contributed by atoms with E-state index in [2.05, 4.69) is 20.8 Å². The molecule has 2 aromatic rings. The lowest BCUT2D eigenvalue weighted by molar-refractivity contribution is -0.117. The fraction of sp³-hybridized carbons (Fsp3) is 0.375. The van der Waals surface area contributed by atoms with Gasteiger partial charge in [-0.25, -0.2) is 9.47 Å². The van der Waals surface area contributed by atoms with Gasteiger partial charge >= 0.3 is 6.03 Å². The first kappa shape index (κ1) is 18.8. The minimum absolute atomic E-state index is 0.0122. The second-order valence-corrected chi connectivity index (χ2v) is 6.93. The van der Waals surface area contributed by atoms with Crippen molar-refractivity contribution in [2.45, 2.75) is 25.9 Å². The smallest absolute Gasteiger partial charge is 0.321 e. The molecule has 9 heteroatoms. The van der Waals surface area contributed by atoms with E-state index < -0.39 is 11.9 Å². The molecule has 4 N–H and O–H groups in total. The van der Waals surface area contributed by atoms with Crippen molar-refractivity contribution in [2.24, 2.45) is 5.92 Å². The van der Waals surface area contributed by atoms with Crippen molar-refractivity contribution in [1.82, 2.24) is 25.5 Å². The standard InChI is InChI=1S/C16H22N6O2S/c1-10(2)8-18-15(24)19-13(23)9-25-16-21-20-14(22(16)17)12-6-4-11(3)5-7-12/h4-7,10H,8-9,17H2,1-3H3,(H2,18,19,23,24). The molecule has 0 spiro atoms. The molecule has 134 valence electrons. The number of nitrogens with two attached hydrogens (primary N) is 1. The molecule has 8 nitrogen and oxygen atoms in total. The van der Waals surface area contributed by atoms with Gasteiger partial charge in [-0.1, -0.05) is 55.4 Å². The lowest BCUT2D eigenvalue weighted by Crippen LogP contribution is -2.41. The number of aryl methyl sites for hydroxylation is 1. The number of aromatic nitrogens is 3. The Labute approximate surface area is 150 Å². The zero-order valence-electron chi connectivity index (χ0n) is 14.4. The van der Waals surface area contributed by atoms with Gasteiger partial charge in [-0.15, -0.1) is 10.2 Å². The Morgan fingerprint density at radius 1 is 1.24 bits per heavy atom. The number of hydrogen-bond donors (Lipinski definition) is 3. The Kier molecular flexibility index (Phi) is 6.40. The lowest BCUT2D eigenvalue weighted by atomic mass is 10.1. The lowest BCUT2D eigenvalue weighted by Gasteiger charge is -2.08. The molecule has 3 amide bonds. The third kappa shape index (κ3) is 5.49. The van der Waals surface area contributed by atoms with Gasteiger partial charge in [-0.2, -0.15) is 0 Å². The van der Waals surface area contributed by atoms with Crippen molar-refractivity contribution in [2.75, 3.05) is 18.1 Å². The van der Waals surface area contributed by atoms with Crippen LogP contribution >= 0.6 is 11.8 Å². The summed E-state index contributed by atoms with van der Waals surface area (Å²) in [5.41, 5.74) is 1.97. The monoisotopic (exact) mass is 362 g/mol. The van der Waals surface area contributed by atoms with Crippen molar-refractivity contribution in [1.29, 1.82) is 0 Å². The van der Waals surface area contributed by atoms with Gasteiger partial charge in [-0.05, 0) is 12.8 Å². The highest BCUT2D eigenvalue weighted by Gasteiger charge is 2.15. The summed E-state index contributed by atoms with van der Waals surface area (Å²) >= 11 is 1.11. The summed E-state index contributed by atoms with van der Waals surface area (Å²) in [4.78, 5) is 23.3. The van der Waals surface area contributed by atoms with E-state index in [-0.39, 0.29) is 5.75 Å². The summed E-state index contributed by atoms with van der Waals surface area (Å²) in [5, 5.41) is 13.3. The number of nitrogens with one attached hydrogen (secondary N) is 2. The minimum atomic E-state index is -0.506. The van der Waals surface area contributed by atoms with Crippen molar-refractivity contribution in [3.05, 3.63) is 29.8 Å². The molecule has 1 aromatic heterocycles. The van der Waals surface area contributed by atoms with Gasteiger partial charge in [0.15, 0.2) is 5.82 Å². The molecule has 0 saturated carbocycles. The summed E-state index contributed by atoms with van der Waals surface area (Å²) in [5.74, 6) is 6.41. The highest BCUT2D eigenvalue weighted by atomic mass is 32.2. The topological polar surface area (TPSA) is 115 Å². The number of thioether (sulfide) groups is 1. The summed E-state index contributed by atoms with van der Waals surface area (Å²) in [6.07, 6.45) is 0. The number of urea groups is 1. The first-order valence-electron chi connectivity index (χ1n) is 7.85. The fourth-order valence-electron chi connectivity index (χ4n) is 1.91. The number of benzene rings is 1. The molecule has 0 fully saturated rings. The molecule has 1 heterocycles. The number of hydrogen-bond acceptors (Lipinski definition) is 6. The molecule has 25 heavy (non-hydrogen) atoms. The molecule has 0 saturated heterocycles. The Morgan fingerprint density at radius 3 is 2.56 bits per heavy atom. The van der Waals surface area contributed by atoms with Gasteiger partial charge in [0.25, 0.3) is 0 Å². The summed E-state index contributed by atoms with van der Waals surface area (Å²) in [6, 6.07) is 7.22. The maximum atomic E-state index is 11.8. The number of nitrogen functional groups attached to an aromatic ring is 1. The Morgan fingerprint density at radius 2 is 1.92 bits per heavy atom. The van der Waals surface area contributed by atoms with E-state index in [9.17, 15) is 9.59 Å². The van der Waals surface area contributed by atoms with Crippen LogP contribution in [0.1, 0.15) is 19.4 Å². The Balaban J connectivity index is 1.90. The average Bonchev–Trinajstić information content (AvgIpc) is 2.92. The van der Waals surface area contributed by atoms with E-state index in [1.807, 2.05) is 45.0 Å². The SMILES string of the molecule is Cc1ccc(-c2nnc(SCC(=O)NC(=O)NCC(C)C)n2N)cc1. The maximum Gasteiger partial charge on any atom is 0.321 e. The molecule has 0 radical (unpaired) electrons. The van der Waals surface area contributed by atoms with Crippen LogP contribution in [0, 0.1) is 12.8 Å². The number of carbonyl (C=O) groups excluding carboxylic acids is 2. The number of imide groups is 1. The molecule has 0 bridgehead atoms. The van der Waals surface area contributed by atoms with Gasteiger partial charge in [0.05, 0.1) is 5.75 Å². The minimum Gasteiger partial charge on any atom is -0.338 e. The third-order valence-corrected chi connectivity index (χ3v) is 4.17. The molecule has 1 aromatic carbocycles. The molecule has 2 rings (SSSR count). The quantitative estimate of drug-likeness (QED) is 0.530. The predicted molar refractivity (Wildman–Crippen MR) is 97.4 cm³/mol. The number of carbonyl (C=O) groups is 2. The molecular weight excluding hydrogens is 340 g/mol. The van der Waals surface area contributed by atoms with Gasteiger partial charge < -0.3 is 11.2 Å². The fourth-order valence-corrected chi connectivity index (χ4v) is 2.57. The first-order chi connectivity index (χ1) is 11.9. The van der Waals surface area contributed by atoms with Gasteiger partial charge in [0, 0.05) is 12.1 Å². The van der Waals surface area contributed by atoms with Crippen molar-refractivity contribution >= 4 is 23.7 Å². The third-order valence-electron chi connectivity index (χ3n) is 3.23. The van der Waals surface area contributed by atoms with E-state index in [1.54, 1.807) is 0 Å². The molecule has 0 aliphatic carbocycles. The zero-order chi connectivity index (χ0) is 18.4. The Bertz CT molecular complexity index is 742. The second kappa shape index (κ2) is 8.52. The van der Waals surface area contributed by atoms with Crippen molar-refractivity contribution < 1.29 is 9.59 Å². The predicted octanol–water partition coefficient (Wildman–Crippen LogP) is 1.54. The molecular formula is C16H22N6O2S. The highest BCUT2D eigenvalue weighted by molar-refractivity contribution is 7.99. The molecule has 0 unspecified atom stereocenters. The van der Waals surface area contributed by atoms with E-state index in [0.29, 0.717) is 23.4 Å². The van der Waals surface area contributed by atoms with Crippen molar-refractivity contribution in [3.63, 3.8) is 0 Å². The molecule has 0 aliphatic heterocycles. The highest BCUT2D eigenvalue weighted by Crippen LogP contribution is 2.21. The van der Waals surface area contributed by atoms with E-state index in [4.69, 9.17) is 5.84 Å². The largest absolute Gasteiger partial charge is 0.338 e. The van der Waals surface area contributed by atoms with E-state index in [0.717, 1.165) is 22.9 Å². The number of rotatable bonds is 6. The van der Waals surface area contributed by atoms with Crippen LogP contribution in [0.5, 0.6) is 0 Å². The second-order valence-electron chi connectivity index (χ2n) is 5.98. The van der Waals surface area contributed by atoms with Gasteiger partial charge in [0.1, 0.15) is 0 Å². The van der Waals surface area contributed by atoms with Crippen LogP contribution in [-0.2, 0) is 4.79 Å². The van der Waals surface area contributed by atoms with Crippen LogP contribution < -0.4 is 16.5 Å². The Hall–Kier alpha value is -2.55. The van der Waals surface area contributed by atoms with Crippen LogP contribution in [0.25, 0.3) is 11.4 Å². The molecule has 0 atom stereocenters. The molecule has 0 aliphatic rings. The summed E-state index contributed by atoms with van der Waals surface area (Å²) in [7, 11) is 0. The summed E-state index contributed by atoms with van der Waals surface area (Å²) in [6.45, 7) is 6.44.